The molecule has 1 N–H and O–H groups in total. The van der Waals surface area contributed by atoms with Gasteiger partial charge in [-0.1, -0.05) is 0 Å². The van der Waals surface area contributed by atoms with E-state index in [0.717, 1.165) is 9.13 Å². The fourth-order valence-electron chi connectivity index (χ4n) is 2.38. The van der Waals surface area contributed by atoms with Gasteiger partial charge in [0.1, 0.15) is 17.0 Å². The summed E-state index contributed by atoms with van der Waals surface area (Å²) in [6, 6.07) is 4.84. The molecule has 0 amide bonds. The maximum atomic E-state index is 14.1. The lowest BCUT2D eigenvalue weighted by Gasteiger charge is -2.15. The molecule has 118 valence electrons. The molecule has 0 fully saturated rings. The number of benzene rings is 1. The molecular formula is C16H13FIN3O2. The van der Waals surface area contributed by atoms with Gasteiger partial charge in [-0.15, -0.1) is 0 Å². The standard InChI is InChI=1S/C16H13FIN3O2/c1-9-14(20-13-4-3-10(18)7-12(13)17)11(16(22)23-2)8-21-6-5-19-15(9)21/h3-8,20H,1-2H3. The van der Waals surface area contributed by atoms with Crippen molar-refractivity contribution in [1.29, 1.82) is 0 Å². The normalized spacial score (nSPS) is 10.8. The first-order valence-electron chi connectivity index (χ1n) is 6.78. The van der Waals surface area contributed by atoms with Crippen LogP contribution in [-0.4, -0.2) is 22.5 Å². The molecule has 7 heteroatoms. The summed E-state index contributed by atoms with van der Waals surface area (Å²) in [5, 5.41) is 3.00. The molecule has 0 radical (unpaired) electrons. The summed E-state index contributed by atoms with van der Waals surface area (Å²) >= 11 is 2.04. The number of nitrogens with zero attached hydrogens (tertiary/aromatic N) is 2. The number of ether oxygens (including phenoxy) is 1. The van der Waals surface area contributed by atoms with Gasteiger partial charge >= 0.3 is 5.97 Å². The van der Waals surface area contributed by atoms with Gasteiger partial charge in [0.2, 0.25) is 0 Å². The minimum atomic E-state index is -0.503. The summed E-state index contributed by atoms with van der Waals surface area (Å²) < 4.78 is 21.5. The van der Waals surface area contributed by atoms with Gasteiger partial charge in [-0.3, -0.25) is 0 Å². The number of hydrogen-bond acceptors (Lipinski definition) is 4. The number of rotatable bonds is 3. The van der Waals surface area contributed by atoms with Crippen molar-refractivity contribution in [2.75, 3.05) is 12.4 Å². The summed E-state index contributed by atoms with van der Waals surface area (Å²) in [6.45, 7) is 1.82. The van der Waals surface area contributed by atoms with Crippen LogP contribution < -0.4 is 5.32 Å². The van der Waals surface area contributed by atoms with E-state index in [9.17, 15) is 9.18 Å². The quantitative estimate of drug-likeness (QED) is 0.511. The van der Waals surface area contributed by atoms with E-state index in [1.165, 1.54) is 13.2 Å². The molecule has 1 aromatic carbocycles. The lowest BCUT2D eigenvalue weighted by molar-refractivity contribution is 0.0601. The maximum Gasteiger partial charge on any atom is 0.341 e. The SMILES string of the molecule is COC(=O)c1cn2ccnc2c(C)c1Nc1ccc(I)cc1F. The lowest BCUT2D eigenvalue weighted by Crippen LogP contribution is -2.10. The second-order valence-corrected chi connectivity index (χ2v) is 6.19. The van der Waals surface area contributed by atoms with Gasteiger partial charge in [-0.05, 0) is 47.7 Å². The molecule has 0 aliphatic heterocycles. The first kappa shape index (κ1) is 15.7. The van der Waals surface area contributed by atoms with Gasteiger partial charge in [-0.25, -0.2) is 14.2 Å². The van der Waals surface area contributed by atoms with Crippen LogP contribution in [0.25, 0.3) is 5.65 Å². The minimum Gasteiger partial charge on any atom is -0.465 e. The van der Waals surface area contributed by atoms with Crippen LogP contribution in [-0.2, 0) is 4.74 Å². The fourth-order valence-corrected chi connectivity index (χ4v) is 2.83. The van der Waals surface area contributed by atoms with Crippen LogP contribution in [0.2, 0.25) is 0 Å². The van der Waals surface area contributed by atoms with Crippen LogP contribution >= 0.6 is 22.6 Å². The highest BCUT2D eigenvalue weighted by molar-refractivity contribution is 14.1. The van der Waals surface area contributed by atoms with E-state index in [0.29, 0.717) is 16.9 Å². The number of hydrogen-bond donors (Lipinski definition) is 1. The number of esters is 1. The Balaban J connectivity index is 2.17. The second-order valence-electron chi connectivity index (χ2n) is 4.94. The van der Waals surface area contributed by atoms with Gasteiger partial charge in [-0.2, -0.15) is 0 Å². The predicted octanol–water partition coefficient (Wildman–Crippen LogP) is 3.92. The van der Waals surface area contributed by atoms with Crippen molar-refractivity contribution in [3.63, 3.8) is 0 Å². The van der Waals surface area contributed by atoms with E-state index in [1.807, 2.05) is 29.5 Å². The zero-order valence-corrected chi connectivity index (χ0v) is 14.6. The molecule has 3 rings (SSSR count). The van der Waals surface area contributed by atoms with Crippen LogP contribution in [0.3, 0.4) is 0 Å². The van der Waals surface area contributed by atoms with Gasteiger partial charge in [0.25, 0.3) is 0 Å². The third kappa shape index (κ3) is 2.88. The average Bonchev–Trinajstić information content (AvgIpc) is 3.00. The summed E-state index contributed by atoms with van der Waals surface area (Å²) in [4.78, 5) is 16.3. The molecular weight excluding hydrogens is 412 g/mol. The Morgan fingerprint density at radius 3 is 2.91 bits per heavy atom. The Labute approximate surface area is 145 Å². The summed E-state index contributed by atoms with van der Waals surface area (Å²) in [5.74, 6) is -0.896. The zero-order valence-electron chi connectivity index (χ0n) is 12.4. The number of halogens is 2. The number of carbonyl (C=O) groups excluding carboxylic acids is 1. The van der Waals surface area contributed by atoms with Gasteiger partial charge in [0, 0.05) is 27.7 Å². The largest absolute Gasteiger partial charge is 0.465 e. The number of carbonyl (C=O) groups is 1. The predicted molar refractivity (Wildman–Crippen MR) is 93.7 cm³/mol. The van der Waals surface area contributed by atoms with Crippen LogP contribution in [0.1, 0.15) is 15.9 Å². The molecule has 0 spiro atoms. The smallest absolute Gasteiger partial charge is 0.341 e. The highest BCUT2D eigenvalue weighted by Gasteiger charge is 2.19. The van der Waals surface area contributed by atoms with Crippen molar-refractivity contribution < 1.29 is 13.9 Å². The Morgan fingerprint density at radius 1 is 1.43 bits per heavy atom. The monoisotopic (exact) mass is 425 g/mol. The Kier molecular flexibility index (Phi) is 4.20. The van der Waals surface area contributed by atoms with E-state index in [4.69, 9.17) is 4.74 Å². The van der Waals surface area contributed by atoms with Crippen LogP contribution in [0.15, 0.2) is 36.8 Å². The second kappa shape index (κ2) is 6.15. The van der Waals surface area contributed by atoms with Crippen LogP contribution in [0, 0.1) is 16.3 Å². The van der Waals surface area contributed by atoms with E-state index in [1.54, 1.807) is 35.1 Å². The van der Waals surface area contributed by atoms with Crippen molar-refractivity contribution in [3.8, 4) is 0 Å². The molecule has 0 saturated carbocycles. The number of fused-ring (bicyclic) bond motifs is 1. The molecule has 0 aliphatic rings. The molecule has 0 saturated heterocycles. The van der Waals surface area contributed by atoms with Gasteiger partial charge in [0.05, 0.1) is 18.5 Å². The number of pyridine rings is 1. The number of nitrogens with one attached hydrogen (secondary N) is 1. The number of aromatic nitrogens is 2. The molecule has 2 heterocycles. The van der Waals surface area contributed by atoms with Crippen molar-refractivity contribution in [2.24, 2.45) is 0 Å². The van der Waals surface area contributed by atoms with Crippen molar-refractivity contribution in [1.82, 2.24) is 9.38 Å². The van der Waals surface area contributed by atoms with Gasteiger partial charge < -0.3 is 14.5 Å². The van der Waals surface area contributed by atoms with Crippen molar-refractivity contribution in [2.45, 2.75) is 6.92 Å². The van der Waals surface area contributed by atoms with Gasteiger partial charge in [0.15, 0.2) is 0 Å². The summed E-state index contributed by atoms with van der Waals surface area (Å²) in [6.07, 6.45) is 5.00. The van der Waals surface area contributed by atoms with Crippen LogP contribution in [0.5, 0.6) is 0 Å². The topological polar surface area (TPSA) is 55.6 Å². The van der Waals surface area contributed by atoms with Crippen molar-refractivity contribution >= 4 is 45.6 Å². The Bertz CT molecular complexity index is 908. The fraction of sp³-hybridized carbons (Fsp3) is 0.125. The summed E-state index contributed by atoms with van der Waals surface area (Å²) in [5.41, 5.74) is 2.50. The van der Waals surface area contributed by atoms with E-state index >= 15 is 0 Å². The van der Waals surface area contributed by atoms with Crippen molar-refractivity contribution in [3.05, 3.63) is 57.3 Å². The number of aryl methyl sites for hydroxylation is 1. The Morgan fingerprint density at radius 2 is 2.22 bits per heavy atom. The molecule has 0 unspecified atom stereocenters. The number of anilines is 2. The molecule has 2 aromatic heterocycles. The molecule has 23 heavy (non-hydrogen) atoms. The van der Waals surface area contributed by atoms with E-state index in [-0.39, 0.29) is 5.69 Å². The first-order chi connectivity index (χ1) is 11.0. The third-order valence-corrected chi connectivity index (χ3v) is 4.18. The lowest BCUT2D eigenvalue weighted by atomic mass is 10.1. The minimum absolute atomic E-state index is 0.287. The number of methoxy groups -OCH3 is 1. The first-order valence-corrected chi connectivity index (χ1v) is 7.86. The molecule has 0 bridgehead atoms. The number of imidazole rings is 1. The average molecular weight is 425 g/mol. The Hall–Kier alpha value is -2.16. The molecule has 0 aliphatic carbocycles. The molecule has 3 aromatic rings. The molecule has 5 nitrogen and oxygen atoms in total. The van der Waals surface area contributed by atoms with Crippen LogP contribution in [0.4, 0.5) is 15.8 Å². The maximum absolute atomic E-state index is 14.1. The zero-order chi connectivity index (χ0) is 16.6. The molecule has 0 atom stereocenters. The highest BCUT2D eigenvalue weighted by atomic mass is 127. The van der Waals surface area contributed by atoms with E-state index < -0.39 is 11.8 Å². The van der Waals surface area contributed by atoms with E-state index in [2.05, 4.69) is 10.3 Å². The highest BCUT2D eigenvalue weighted by Crippen LogP contribution is 2.30. The summed E-state index contributed by atoms with van der Waals surface area (Å²) in [7, 11) is 1.31. The third-order valence-electron chi connectivity index (χ3n) is 3.51.